The number of hydrogen-bond donors (Lipinski definition) is 0. The van der Waals surface area contributed by atoms with E-state index in [4.69, 9.17) is 9.47 Å². The Labute approximate surface area is 163 Å². The van der Waals surface area contributed by atoms with Crippen LogP contribution < -0.4 is 9.47 Å². The molecule has 1 fully saturated rings. The monoisotopic (exact) mass is 383 g/mol. The summed E-state index contributed by atoms with van der Waals surface area (Å²) in [5.41, 5.74) is 1.94. The summed E-state index contributed by atoms with van der Waals surface area (Å²) in [5.74, 6) is 1.22. The first-order chi connectivity index (χ1) is 13.1. The fourth-order valence-electron chi connectivity index (χ4n) is 2.63. The van der Waals surface area contributed by atoms with Crippen LogP contribution in [0.3, 0.4) is 0 Å². The molecular formula is C21H21NO4S. The lowest BCUT2D eigenvalue weighted by Crippen LogP contribution is -2.32. The van der Waals surface area contributed by atoms with Gasteiger partial charge in [0.2, 0.25) is 0 Å². The lowest BCUT2D eigenvalue weighted by molar-refractivity contribution is -0.123. The Morgan fingerprint density at radius 1 is 1.04 bits per heavy atom. The Morgan fingerprint density at radius 2 is 1.81 bits per heavy atom. The summed E-state index contributed by atoms with van der Waals surface area (Å²) in [6, 6.07) is 15.1. The van der Waals surface area contributed by atoms with E-state index >= 15 is 0 Å². The Balaban J connectivity index is 1.60. The average Bonchev–Trinajstić information content (AvgIpc) is 2.91. The highest BCUT2D eigenvalue weighted by Gasteiger charge is 2.34. The maximum atomic E-state index is 12.5. The van der Waals surface area contributed by atoms with Crippen LogP contribution in [0.5, 0.6) is 11.5 Å². The van der Waals surface area contributed by atoms with Gasteiger partial charge in [0.15, 0.2) is 0 Å². The van der Waals surface area contributed by atoms with E-state index < -0.39 is 0 Å². The smallest absolute Gasteiger partial charge is 0.293 e. The van der Waals surface area contributed by atoms with Crippen molar-refractivity contribution in [1.29, 1.82) is 0 Å². The molecule has 2 amide bonds. The van der Waals surface area contributed by atoms with Crippen molar-refractivity contribution in [3.05, 3.63) is 64.6 Å². The van der Waals surface area contributed by atoms with Gasteiger partial charge in [-0.2, -0.15) is 0 Å². The molecule has 0 unspecified atom stereocenters. The van der Waals surface area contributed by atoms with Crippen molar-refractivity contribution in [3.63, 3.8) is 0 Å². The number of carbonyl (C=O) groups is 2. The highest BCUT2D eigenvalue weighted by Crippen LogP contribution is 2.32. The molecule has 0 bridgehead atoms. The van der Waals surface area contributed by atoms with Crippen molar-refractivity contribution in [2.24, 2.45) is 0 Å². The number of thioether (sulfide) groups is 1. The van der Waals surface area contributed by atoms with E-state index in [1.807, 2.05) is 62.4 Å². The highest BCUT2D eigenvalue weighted by molar-refractivity contribution is 8.18. The molecule has 0 aromatic heterocycles. The first-order valence-corrected chi connectivity index (χ1v) is 9.56. The molecule has 0 N–H and O–H groups in total. The van der Waals surface area contributed by atoms with Gasteiger partial charge < -0.3 is 9.47 Å². The van der Waals surface area contributed by atoms with Gasteiger partial charge in [-0.25, -0.2) is 0 Å². The third-order valence-electron chi connectivity index (χ3n) is 3.94. The Kier molecular flexibility index (Phi) is 6.19. The molecule has 1 aliphatic rings. The fourth-order valence-corrected chi connectivity index (χ4v) is 3.50. The maximum absolute atomic E-state index is 12.5. The van der Waals surface area contributed by atoms with Gasteiger partial charge in [-0.3, -0.25) is 14.5 Å². The molecule has 2 aromatic carbocycles. The molecule has 3 rings (SSSR count). The topological polar surface area (TPSA) is 55.8 Å². The zero-order valence-electron chi connectivity index (χ0n) is 15.3. The molecule has 1 saturated heterocycles. The molecule has 140 valence electrons. The normalized spacial score (nSPS) is 15.5. The second kappa shape index (κ2) is 8.77. The van der Waals surface area contributed by atoms with Crippen LogP contribution in [0.25, 0.3) is 6.08 Å². The summed E-state index contributed by atoms with van der Waals surface area (Å²) < 4.78 is 11.1. The highest BCUT2D eigenvalue weighted by atomic mass is 32.2. The van der Waals surface area contributed by atoms with Gasteiger partial charge in [0.1, 0.15) is 18.1 Å². The summed E-state index contributed by atoms with van der Waals surface area (Å²) >= 11 is 0.952. The number of ether oxygens (including phenoxy) is 2. The minimum atomic E-state index is -0.285. The first-order valence-electron chi connectivity index (χ1n) is 8.74. The van der Waals surface area contributed by atoms with Crippen LogP contribution in [0, 0.1) is 6.92 Å². The molecule has 0 atom stereocenters. The summed E-state index contributed by atoms with van der Waals surface area (Å²) in [4.78, 5) is 26.3. The van der Waals surface area contributed by atoms with Crippen LogP contribution in [0.15, 0.2) is 53.4 Å². The van der Waals surface area contributed by atoms with E-state index in [1.54, 1.807) is 6.08 Å². The maximum Gasteiger partial charge on any atom is 0.293 e. The summed E-state index contributed by atoms with van der Waals surface area (Å²) in [6.45, 7) is 4.99. The van der Waals surface area contributed by atoms with E-state index in [9.17, 15) is 9.59 Å². The molecule has 0 spiro atoms. The number of hydrogen-bond acceptors (Lipinski definition) is 5. The van der Waals surface area contributed by atoms with Gasteiger partial charge in [0, 0.05) is 0 Å². The second-order valence-electron chi connectivity index (χ2n) is 6.00. The first kappa shape index (κ1) is 19.0. The number of carbonyl (C=O) groups excluding carboxylic acids is 2. The molecule has 2 aromatic rings. The van der Waals surface area contributed by atoms with Gasteiger partial charge >= 0.3 is 0 Å². The van der Waals surface area contributed by atoms with Gasteiger partial charge in [0.05, 0.1) is 18.1 Å². The molecule has 1 heterocycles. The van der Waals surface area contributed by atoms with Gasteiger partial charge in [0.25, 0.3) is 11.1 Å². The van der Waals surface area contributed by atoms with Gasteiger partial charge in [-0.15, -0.1) is 0 Å². The minimum absolute atomic E-state index is 0.221. The van der Waals surface area contributed by atoms with Crippen LogP contribution in [0.4, 0.5) is 4.79 Å². The average molecular weight is 383 g/mol. The third-order valence-corrected chi connectivity index (χ3v) is 4.84. The molecule has 0 aliphatic carbocycles. The Morgan fingerprint density at radius 3 is 2.52 bits per heavy atom. The lowest BCUT2D eigenvalue weighted by atomic mass is 10.2. The molecule has 5 nitrogen and oxygen atoms in total. The third kappa shape index (κ3) is 4.92. The summed E-state index contributed by atoms with van der Waals surface area (Å²) in [6.07, 6.45) is 1.72. The van der Waals surface area contributed by atoms with Crippen LogP contribution in [-0.4, -0.2) is 35.8 Å². The summed E-state index contributed by atoms with van der Waals surface area (Å²) in [5, 5.41) is -0.273. The molecule has 0 saturated carbocycles. The fraction of sp³-hybridized carbons (Fsp3) is 0.238. The van der Waals surface area contributed by atoms with E-state index in [2.05, 4.69) is 0 Å². The molecule has 1 aliphatic heterocycles. The zero-order valence-corrected chi connectivity index (χ0v) is 16.1. The molecular weight excluding hydrogens is 362 g/mol. The van der Waals surface area contributed by atoms with Gasteiger partial charge in [-0.1, -0.05) is 24.3 Å². The van der Waals surface area contributed by atoms with Crippen molar-refractivity contribution < 1.29 is 19.1 Å². The van der Waals surface area contributed by atoms with Crippen molar-refractivity contribution in [2.45, 2.75) is 13.8 Å². The predicted molar refractivity (Wildman–Crippen MR) is 107 cm³/mol. The van der Waals surface area contributed by atoms with E-state index in [0.29, 0.717) is 11.5 Å². The molecule has 6 heteroatoms. The summed E-state index contributed by atoms with van der Waals surface area (Å²) in [7, 11) is 0. The number of nitrogens with zero attached hydrogens (tertiary/aromatic N) is 1. The number of benzene rings is 2. The van der Waals surface area contributed by atoms with Gasteiger partial charge in [-0.05, 0) is 67.1 Å². The van der Waals surface area contributed by atoms with Crippen LogP contribution in [0.2, 0.25) is 0 Å². The van der Waals surface area contributed by atoms with Crippen LogP contribution in [-0.2, 0) is 4.79 Å². The van der Waals surface area contributed by atoms with E-state index in [-0.39, 0.29) is 24.3 Å². The number of aryl methyl sites for hydroxylation is 1. The Hall–Kier alpha value is -2.73. The number of rotatable bonds is 7. The Bertz CT molecular complexity index is 861. The lowest BCUT2D eigenvalue weighted by Gasteiger charge is -2.13. The van der Waals surface area contributed by atoms with Crippen LogP contribution in [0.1, 0.15) is 18.1 Å². The quantitative estimate of drug-likeness (QED) is 0.659. The van der Waals surface area contributed by atoms with Crippen molar-refractivity contribution in [3.8, 4) is 11.5 Å². The molecule has 0 radical (unpaired) electrons. The van der Waals surface area contributed by atoms with Crippen molar-refractivity contribution >= 4 is 29.0 Å². The predicted octanol–water partition coefficient (Wildman–Crippen LogP) is 4.51. The standard InChI is InChI=1S/C21H21NO4S/c1-3-25-17-9-7-16(8-10-17)14-19-20(23)22(21(24)27-19)11-12-26-18-6-4-5-15(2)13-18/h4-10,13-14H,3,11-12H2,1-2H3/b19-14-. The van der Waals surface area contributed by atoms with E-state index in [0.717, 1.165) is 34.4 Å². The second-order valence-corrected chi connectivity index (χ2v) is 6.99. The van der Waals surface area contributed by atoms with Crippen molar-refractivity contribution in [1.82, 2.24) is 4.90 Å². The van der Waals surface area contributed by atoms with Crippen LogP contribution >= 0.6 is 11.8 Å². The SMILES string of the molecule is CCOc1ccc(/C=C2\SC(=O)N(CCOc3cccc(C)c3)C2=O)cc1. The number of imide groups is 1. The molecule has 27 heavy (non-hydrogen) atoms. The number of amides is 2. The van der Waals surface area contributed by atoms with Crippen molar-refractivity contribution in [2.75, 3.05) is 19.8 Å². The zero-order chi connectivity index (χ0) is 19.2. The largest absolute Gasteiger partial charge is 0.494 e. The van der Waals surface area contributed by atoms with E-state index in [1.165, 1.54) is 4.90 Å². The minimum Gasteiger partial charge on any atom is -0.494 e.